The Bertz CT molecular complexity index is 786. The first-order valence-corrected chi connectivity index (χ1v) is 7.84. The molecule has 11 heteroatoms. The van der Waals surface area contributed by atoms with Gasteiger partial charge in [-0.05, 0) is 19.1 Å². The van der Waals surface area contributed by atoms with Crippen molar-refractivity contribution in [3.8, 4) is 0 Å². The average Bonchev–Trinajstić information content (AvgIpc) is 2.82. The van der Waals surface area contributed by atoms with Crippen molar-refractivity contribution in [2.24, 2.45) is 5.84 Å². The van der Waals surface area contributed by atoms with Gasteiger partial charge in [0, 0.05) is 17.1 Å². The summed E-state index contributed by atoms with van der Waals surface area (Å²) in [6.07, 6.45) is 1.53. The van der Waals surface area contributed by atoms with E-state index in [0.29, 0.717) is 0 Å². The van der Waals surface area contributed by atoms with Crippen molar-refractivity contribution in [3.05, 3.63) is 39.4 Å². The molecule has 0 amide bonds. The van der Waals surface area contributed by atoms with Gasteiger partial charge in [-0.25, -0.2) is 13.4 Å². The van der Waals surface area contributed by atoms with Crippen LogP contribution in [0.25, 0.3) is 0 Å². The van der Waals surface area contributed by atoms with E-state index in [1.54, 1.807) is 6.92 Å². The monoisotopic (exact) mass is 329 g/mol. The third-order valence-electron chi connectivity index (χ3n) is 2.47. The van der Waals surface area contributed by atoms with Crippen LogP contribution in [-0.2, 0) is 10.0 Å². The van der Waals surface area contributed by atoms with Crippen LogP contribution in [0, 0.1) is 17.0 Å². The summed E-state index contributed by atoms with van der Waals surface area (Å²) in [5, 5.41) is 11.0. The molecule has 9 nitrogen and oxygen atoms in total. The van der Waals surface area contributed by atoms with Gasteiger partial charge >= 0.3 is 0 Å². The van der Waals surface area contributed by atoms with Crippen LogP contribution in [0.3, 0.4) is 0 Å². The number of thiazole rings is 1. The average molecular weight is 329 g/mol. The number of nitrogens with two attached hydrogens (primary N) is 1. The van der Waals surface area contributed by atoms with E-state index in [1.165, 1.54) is 17.5 Å². The molecule has 1 heterocycles. The second-order valence-corrected chi connectivity index (χ2v) is 6.88. The minimum absolute atomic E-state index is 0.0989. The normalized spacial score (nSPS) is 11.1. The van der Waals surface area contributed by atoms with Gasteiger partial charge < -0.3 is 5.43 Å². The quantitative estimate of drug-likeness (QED) is 0.428. The molecule has 0 fully saturated rings. The topological polar surface area (TPSA) is 140 Å². The highest BCUT2D eigenvalue weighted by Crippen LogP contribution is 2.28. The van der Waals surface area contributed by atoms with Crippen molar-refractivity contribution in [2.75, 3.05) is 10.1 Å². The number of nitro groups is 1. The Balaban J connectivity index is 2.38. The number of benzene rings is 1. The number of nitrogen functional groups attached to an aromatic ring is 1. The van der Waals surface area contributed by atoms with Gasteiger partial charge in [-0.1, -0.05) is 0 Å². The maximum absolute atomic E-state index is 12.2. The molecule has 1 aromatic heterocycles. The van der Waals surface area contributed by atoms with Crippen molar-refractivity contribution in [1.82, 2.24) is 4.98 Å². The van der Waals surface area contributed by atoms with E-state index in [4.69, 9.17) is 5.84 Å². The first kappa shape index (κ1) is 15.2. The van der Waals surface area contributed by atoms with Gasteiger partial charge in [0.05, 0.1) is 9.82 Å². The molecule has 1 aromatic carbocycles. The van der Waals surface area contributed by atoms with Gasteiger partial charge in [-0.15, -0.1) is 11.3 Å². The number of rotatable bonds is 5. The SMILES string of the molecule is Cc1cnc(NS(=O)(=O)c2ccc([N+](=O)[O-])c(NN)c2)s1. The van der Waals surface area contributed by atoms with Crippen molar-refractivity contribution < 1.29 is 13.3 Å². The van der Waals surface area contributed by atoms with Crippen LogP contribution >= 0.6 is 11.3 Å². The van der Waals surface area contributed by atoms with E-state index < -0.39 is 14.9 Å². The Kier molecular flexibility index (Phi) is 4.06. The highest BCUT2D eigenvalue weighted by molar-refractivity contribution is 7.93. The van der Waals surface area contributed by atoms with Crippen molar-refractivity contribution in [1.29, 1.82) is 0 Å². The smallest absolute Gasteiger partial charge is 0.293 e. The van der Waals surface area contributed by atoms with Crippen LogP contribution in [0.2, 0.25) is 0 Å². The zero-order valence-corrected chi connectivity index (χ0v) is 12.4. The lowest BCUT2D eigenvalue weighted by molar-refractivity contribution is -0.384. The fraction of sp³-hybridized carbons (Fsp3) is 0.100. The molecular weight excluding hydrogens is 318 g/mol. The number of sulfonamides is 1. The molecule has 0 aliphatic heterocycles. The van der Waals surface area contributed by atoms with E-state index >= 15 is 0 Å². The number of nitro benzene ring substituents is 1. The minimum Gasteiger partial charge on any atom is -0.318 e. The maximum atomic E-state index is 12.2. The molecule has 0 saturated heterocycles. The standard InChI is InChI=1S/C10H11N5O4S2/c1-6-5-12-10(20-6)14-21(18,19)7-2-3-9(15(16)17)8(4-7)13-11/h2-5,13H,11H2,1H3,(H,12,14). The number of hydrogen-bond acceptors (Lipinski definition) is 8. The van der Waals surface area contributed by atoms with E-state index in [0.717, 1.165) is 23.1 Å². The maximum Gasteiger partial charge on any atom is 0.293 e. The van der Waals surface area contributed by atoms with Crippen LogP contribution in [0.1, 0.15) is 4.88 Å². The number of nitrogens with one attached hydrogen (secondary N) is 2. The molecule has 2 rings (SSSR count). The van der Waals surface area contributed by atoms with Crippen LogP contribution in [-0.4, -0.2) is 18.3 Å². The molecular formula is C10H11N5O4S2. The summed E-state index contributed by atoms with van der Waals surface area (Å²) in [7, 11) is -3.90. The molecule has 0 spiro atoms. The van der Waals surface area contributed by atoms with Crippen LogP contribution in [0.4, 0.5) is 16.5 Å². The van der Waals surface area contributed by atoms with Crippen molar-refractivity contribution in [3.63, 3.8) is 0 Å². The molecule has 4 N–H and O–H groups in total. The van der Waals surface area contributed by atoms with Crippen LogP contribution < -0.4 is 16.0 Å². The van der Waals surface area contributed by atoms with E-state index in [9.17, 15) is 18.5 Å². The number of hydrogen-bond donors (Lipinski definition) is 3. The Labute approximate surface area is 124 Å². The summed E-state index contributed by atoms with van der Waals surface area (Å²) < 4.78 is 26.7. The Hall–Kier alpha value is -2.24. The number of hydrazine groups is 1. The first-order chi connectivity index (χ1) is 9.83. The largest absolute Gasteiger partial charge is 0.318 e. The van der Waals surface area contributed by atoms with E-state index in [2.05, 4.69) is 15.1 Å². The highest BCUT2D eigenvalue weighted by atomic mass is 32.2. The molecule has 0 saturated carbocycles. The molecule has 0 aliphatic rings. The number of anilines is 2. The first-order valence-electron chi connectivity index (χ1n) is 5.54. The molecule has 112 valence electrons. The van der Waals surface area contributed by atoms with Crippen LogP contribution in [0.15, 0.2) is 29.3 Å². The minimum atomic E-state index is -3.90. The summed E-state index contributed by atoms with van der Waals surface area (Å²) in [5.41, 5.74) is 1.69. The predicted octanol–water partition coefficient (Wildman–Crippen LogP) is 1.45. The predicted molar refractivity (Wildman–Crippen MR) is 78.6 cm³/mol. The molecule has 2 aromatic rings. The molecule has 0 unspecified atom stereocenters. The van der Waals surface area contributed by atoms with Crippen LogP contribution in [0.5, 0.6) is 0 Å². The molecule has 0 atom stereocenters. The summed E-state index contributed by atoms with van der Waals surface area (Å²) in [5.74, 6) is 5.18. The fourth-order valence-corrected chi connectivity index (χ4v) is 3.47. The van der Waals surface area contributed by atoms with Crippen molar-refractivity contribution in [2.45, 2.75) is 11.8 Å². The van der Waals surface area contributed by atoms with Gasteiger partial charge in [0.25, 0.3) is 15.7 Å². The summed E-state index contributed by atoms with van der Waals surface area (Å²) in [6, 6.07) is 3.28. The summed E-state index contributed by atoms with van der Waals surface area (Å²) in [4.78, 5) is 14.7. The lowest BCUT2D eigenvalue weighted by Gasteiger charge is -2.07. The molecule has 0 aliphatic carbocycles. The van der Waals surface area contributed by atoms with Crippen molar-refractivity contribution >= 4 is 37.9 Å². The zero-order valence-electron chi connectivity index (χ0n) is 10.7. The van der Waals surface area contributed by atoms with Gasteiger partial charge in [-0.3, -0.25) is 20.7 Å². The fourth-order valence-electron chi connectivity index (χ4n) is 1.53. The Morgan fingerprint density at radius 2 is 2.14 bits per heavy atom. The number of aryl methyl sites for hydroxylation is 1. The lowest BCUT2D eigenvalue weighted by Crippen LogP contribution is -2.15. The van der Waals surface area contributed by atoms with Gasteiger partial charge in [0.1, 0.15) is 5.69 Å². The third-order valence-corrected chi connectivity index (χ3v) is 4.77. The molecule has 0 bridgehead atoms. The van der Waals surface area contributed by atoms with E-state index in [1.807, 2.05) is 0 Å². The second kappa shape index (κ2) is 5.63. The number of nitrogens with zero attached hydrogens (tertiary/aromatic N) is 2. The summed E-state index contributed by atoms with van der Waals surface area (Å²) in [6.45, 7) is 1.79. The Morgan fingerprint density at radius 1 is 1.43 bits per heavy atom. The zero-order chi connectivity index (χ0) is 15.6. The summed E-state index contributed by atoms with van der Waals surface area (Å²) >= 11 is 1.18. The number of aromatic nitrogens is 1. The molecule has 21 heavy (non-hydrogen) atoms. The van der Waals surface area contributed by atoms with Gasteiger partial charge in [0.2, 0.25) is 0 Å². The highest BCUT2D eigenvalue weighted by Gasteiger charge is 2.21. The van der Waals surface area contributed by atoms with Gasteiger partial charge in [0.15, 0.2) is 5.13 Å². The molecule has 0 radical (unpaired) electrons. The second-order valence-electron chi connectivity index (χ2n) is 3.96. The third kappa shape index (κ3) is 3.26. The van der Waals surface area contributed by atoms with Gasteiger partial charge in [-0.2, -0.15) is 0 Å². The van der Waals surface area contributed by atoms with E-state index in [-0.39, 0.29) is 21.4 Å². The lowest BCUT2D eigenvalue weighted by atomic mass is 10.3. The Morgan fingerprint density at radius 3 is 2.67 bits per heavy atom.